The molecule has 8 nitrogen and oxygen atoms in total. The molecule has 1 aromatic heterocycles. The van der Waals surface area contributed by atoms with Gasteiger partial charge in [0.1, 0.15) is 12.2 Å². The van der Waals surface area contributed by atoms with E-state index in [2.05, 4.69) is 15.6 Å². The molecular weight excluding hydrogens is 448 g/mol. The number of unbranched alkanes of at least 4 members (excludes halogenated alkanes) is 1. The number of rotatable bonds is 11. The summed E-state index contributed by atoms with van der Waals surface area (Å²) in [6.45, 7) is 4.93. The van der Waals surface area contributed by atoms with Crippen LogP contribution in [0.3, 0.4) is 0 Å². The van der Waals surface area contributed by atoms with Gasteiger partial charge in [0, 0.05) is 18.9 Å². The van der Waals surface area contributed by atoms with Crippen LogP contribution in [0.2, 0.25) is 0 Å². The van der Waals surface area contributed by atoms with Crippen LogP contribution in [0.25, 0.3) is 0 Å². The first kappa shape index (κ1) is 26.7. The zero-order chi connectivity index (χ0) is 25.1. The smallest absolute Gasteiger partial charge is 0.407 e. The Morgan fingerprint density at radius 3 is 2.38 bits per heavy atom. The van der Waals surface area contributed by atoms with Gasteiger partial charge in [-0.25, -0.2) is 13.6 Å². The molecule has 0 saturated heterocycles. The van der Waals surface area contributed by atoms with E-state index >= 15 is 0 Å². The molecule has 0 radical (unpaired) electrons. The second kappa shape index (κ2) is 12.6. The molecule has 10 heteroatoms. The molecule has 184 valence electrons. The van der Waals surface area contributed by atoms with E-state index in [0.29, 0.717) is 19.4 Å². The molecule has 2 aromatic rings. The first-order chi connectivity index (χ1) is 16.1. The number of ether oxygens (including phenoxy) is 2. The number of aromatic nitrogens is 1. The number of Topliss-reactive ketones (excluding diaryl/α,β-unsaturated/α-hetero) is 1. The second-order valence-electron chi connectivity index (χ2n) is 8.50. The molecule has 0 aliphatic carbocycles. The number of ketones is 1. The average Bonchev–Trinajstić information content (AvgIpc) is 2.76. The number of pyridine rings is 1. The third-order valence-corrected chi connectivity index (χ3v) is 4.48. The largest absolute Gasteiger partial charge is 0.480 e. The van der Waals surface area contributed by atoms with Crippen LogP contribution in [0.5, 0.6) is 5.75 Å². The van der Waals surface area contributed by atoms with E-state index in [-0.39, 0.29) is 12.0 Å². The second-order valence-corrected chi connectivity index (χ2v) is 8.50. The standard InChI is InChI=1S/C24H29F2N3O5/c1-24(2,3)34-23(32)28-13-5-4-11-19(29-22(31)16-8-7-12-27-14-16)20(30)15-33-21-17(25)9-6-10-18(21)26/h6-10,12,14,19H,4-5,11,13,15H2,1-3H3,(H,28,32)(H,29,31)/t19-/m0/s1. The first-order valence-corrected chi connectivity index (χ1v) is 10.8. The summed E-state index contributed by atoms with van der Waals surface area (Å²) >= 11 is 0. The van der Waals surface area contributed by atoms with Crippen LogP contribution in [0.15, 0.2) is 42.7 Å². The zero-order valence-electron chi connectivity index (χ0n) is 19.4. The van der Waals surface area contributed by atoms with Crippen molar-refractivity contribution in [3.05, 3.63) is 59.9 Å². The van der Waals surface area contributed by atoms with Gasteiger partial charge < -0.3 is 20.1 Å². The van der Waals surface area contributed by atoms with E-state index in [1.807, 2.05) is 0 Å². The van der Waals surface area contributed by atoms with E-state index in [0.717, 1.165) is 12.1 Å². The topological polar surface area (TPSA) is 107 Å². The molecule has 0 saturated carbocycles. The maximum absolute atomic E-state index is 13.8. The number of nitrogens with one attached hydrogen (secondary N) is 2. The molecule has 0 aliphatic rings. The molecule has 0 unspecified atom stereocenters. The summed E-state index contributed by atoms with van der Waals surface area (Å²) in [5.41, 5.74) is -0.358. The number of carbonyl (C=O) groups is 3. The molecule has 2 amide bonds. The minimum absolute atomic E-state index is 0.226. The van der Waals surface area contributed by atoms with Crippen molar-refractivity contribution < 1.29 is 32.6 Å². The Bertz CT molecular complexity index is 960. The number of amides is 2. The number of benzene rings is 1. The van der Waals surface area contributed by atoms with Crippen LogP contribution < -0.4 is 15.4 Å². The van der Waals surface area contributed by atoms with Crippen LogP contribution in [0.4, 0.5) is 13.6 Å². The molecule has 2 N–H and O–H groups in total. The average molecular weight is 478 g/mol. The number of alkyl carbamates (subject to hydrolysis) is 1. The Hall–Kier alpha value is -3.56. The molecule has 1 aromatic carbocycles. The summed E-state index contributed by atoms with van der Waals surface area (Å²) in [6, 6.07) is 5.37. The monoisotopic (exact) mass is 477 g/mol. The summed E-state index contributed by atoms with van der Waals surface area (Å²) in [5, 5.41) is 5.24. The highest BCUT2D eigenvalue weighted by Crippen LogP contribution is 2.21. The Labute approximate surface area is 197 Å². The highest BCUT2D eigenvalue weighted by Gasteiger charge is 2.23. The summed E-state index contributed by atoms with van der Waals surface area (Å²) in [6.07, 6.45) is 3.51. The van der Waals surface area contributed by atoms with Gasteiger partial charge in [0.05, 0.1) is 11.6 Å². The fourth-order valence-electron chi connectivity index (χ4n) is 2.89. The molecule has 1 atom stereocenters. The number of hydrogen-bond donors (Lipinski definition) is 2. The Balaban J connectivity index is 1.94. The highest BCUT2D eigenvalue weighted by molar-refractivity contribution is 5.98. The summed E-state index contributed by atoms with van der Waals surface area (Å²) < 4.78 is 37.8. The first-order valence-electron chi connectivity index (χ1n) is 10.8. The quantitative estimate of drug-likeness (QED) is 0.477. The van der Waals surface area contributed by atoms with Crippen LogP contribution >= 0.6 is 0 Å². The van der Waals surface area contributed by atoms with Crippen LogP contribution in [0.1, 0.15) is 50.4 Å². The maximum Gasteiger partial charge on any atom is 0.407 e. The maximum atomic E-state index is 13.8. The van der Waals surface area contributed by atoms with Gasteiger partial charge in [-0.1, -0.05) is 6.07 Å². The van der Waals surface area contributed by atoms with Crippen molar-refractivity contribution >= 4 is 17.8 Å². The lowest BCUT2D eigenvalue weighted by atomic mass is 10.0. The predicted molar refractivity (Wildman–Crippen MR) is 120 cm³/mol. The van der Waals surface area contributed by atoms with Crippen molar-refractivity contribution in [3.63, 3.8) is 0 Å². The highest BCUT2D eigenvalue weighted by atomic mass is 19.1. The zero-order valence-corrected chi connectivity index (χ0v) is 19.4. The Morgan fingerprint density at radius 2 is 1.76 bits per heavy atom. The van der Waals surface area contributed by atoms with Crippen molar-refractivity contribution in [1.82, 2.24) is 15.6 Å². The van der Waals surface area contributed by atoms with E-state index in [1.165, 1.54) is 18.5 Å². The Kier molecular flexibility index (Phi) is 9.91. The molecule has 0 fully saturated rings. The van der Waals surface area contributed by atoms with Crippen LogP contribution in [-0.4, -0.2) is 47.6 Å². The number of halogens is 2. The van der Waals surface area contributed by atoms with Crippen molar-refractivity contribution in [2.45, 2.75) is 51.7 Å². The lowest BCUT2D eigenvalue weighted by Gasteiger charge is -2.20. The van der Waals surface area contributed by atoms with Crippen molar-refractivity contribution in [2.75, 3.05) is 13.2 Å². The third kappa shape index (κ3) is 9.13. The van der Waals surface area contributed by atoms with Crippen molar-refractivity contribution in [1.29, 1.82) is 0 Å². The van der Waals surface area contributed by atoms with Gasteiger partial charge in [-0.2, -0.15) is 0 Å². The van der Waals surface area contributed by atoms with Crippen molar-refractivity contribution in [2.24, 2.45) is 0 Å². The molecule has 0 bridgehead atoms. The van der Waals surface area contributed by atoms with Gasteiger partial charge in [-0.3, -0.25) is 14.6 Å². The van der Waals surface area contributed by atoms with Gasteiger partial charge in [0.25, 0.3) is 5.91 Å². The number of nitrogens with zero attached hydrogens (tertiary/aromatic N) is 1. The normalized spacial score (nSPS) is 11.9. The molecule has 1 heterocycles. The van der Waals surface area contributed by atoms with Crippen molar-refractivity contribution in [3.8, 4) is 5.75 Å². The lowest BCUT2D eigenvalue weighted by molar-refractivity contribution is -0.123. The SMILES string of the molecule is CC(C)(C)OC(=O)NCCCC[C@H](NC(=O)c1cccnc1)C(=O)COc1c(F)cccc1F. The predicted octanol–water partition coefficient (Wildman–Crippen LogP) is 3.80. The summed E-state index contributed by atoms with van der Waals surface area (Å²) in [5.74, 6) is -3.60. The molecule has 0 spiro atoms. The van der Waals surface area contributed by atoms with Crippen LogP contribution in [0, 0.1) is 11.6 Å². The van der Waals surface area contributed by atoms with E-state index < -0.39 is 53.4 Å². The van der Waals surface area contributed by atoms with Crippen LogP contribution in [-0.2, 0) is 9.53 Å². The van der Waals surface area contributed by atoms with E-state index in [4.69, 9.17) is 9.47 Å². The summed E-state index contributed by atoms with van der Waals surface area (Å²) in [7, 11) is 0. The Morgan fingerprint density at radius 1 is 1.06 bits per heavy atom. The van der Waals surface area contributed by atoms with E-state index in [1.54, 1.807) is 32.9 Å². The van der Waals surface area contributed by atoms with Gasteiger partial charge in [-0.15, -0.1) is 0 Å². The third-order valence-electron chi connectivity index (χ3n) is 4.48. The lowest BCUT2D eigenvalue weighted by Crippen LogP contribution is -2.43. The number of carbonyl (C=O) groups excluding carboxylic acids is 3. The van der Waals surface area contributed by atoms with Gasteiger partial charge in [0.2, 0.25) is 0 Å². The molecular formula is C24H29F2N3O5. The fourth-order valence-corrected chi connectivity index (χ4v) is 2.89. The minimum Gasteiger partial charge on any atom is -0.480 e. The molecule has 2 rings (SSSR count). The number of hydrogen-bond acceptors (Lipinski definition) is 6. The van der Waals surface area contributed by atoms with Gasteiger partial charge in [0.15, 0.2) is 23.2 Å². The fraction of sp³-hybridized carbons (Fsp3) is 0.417. The van der Waals surface area contributed by atoms with E-state index in [9.17, 15) is 23.2 Å². The molecule has 0 aliphatic heterocycles. The van der Waals surface area contributed by atoms with Gasteiger partial charge >= 0.3 is 6.09 Å². The molecule has 34 heavy (non-hydrogen) atoms. The summed E-state index contributed by atoms with van der Waals surface area (Å²) in [4.78, 5) is 40.8. The van der Waals surface area contributed by atoms with Gasteiger partial charge in [-0.05, 0) is 64.3 Å². The number of para-hydroxylation sites is 1. The minimum atomic E-state index is -0.968.